The van der Waals surface area contributed by atoms with Gasteiger partial charge in [0, 0.05) is 18.9 Å². The molecule has 1 atom stereocenters. The minimum absolute atomic E-state index is 0.103. The lowest BCUT2D eigenvalue weighted by molar-refractivity contribution is 0.124. The summed E-state index contributed by atoms with van der Waals surface area (Å²) < 4.78 is 32.6. The van der Waals surface area contributed by atoms with E-state index in [4.69, 9.17) is 10.00 Å². The Kier molecular flexibility index (Phi) is 4.56. The van der Waals surface area contributed by atoms with E-state index in [9.17, 15) is 8.42 Å². The van der Waals surface area contributed by atoms with Gasteiger partial charge in [0.05, 0.1) is 6.54 Å². The quantitative estimate of drug-likeness (QED) is 0.832. The Balaban J connectivity index is 1.75. The number of nitrogens with zero attached hydrogens (tertiary/aromatic N) is 4. The van der Waals surface area contributed by atoms with Crippen molar-refractivity contribution >= 4 is 21.4 Å². The molecule has 1 fully saturated rings. The van der Waals surface area contributed by atoms with Crippen LogP contribution in [0.2, 0.25) is 0 Å². The third-order valence-electron chi connectivity index (χ3n) is 3.48. The normalized spacial score (nSPS) is 19.2. The SMILES string of the molecule is N#Cc1nccnc1O[C@H]1CCCN(S(=O)(=O)c2cccs2)C1. The number of sulfonamides is 1. The van der Waals surface area contributed by atoms with E-state index in [0.717, 1.165) is 0 Å². The van der Waals surface area contributed by atoms with Crippen LogP contribution >= 0.6 is 11.3 Å². The van der Waals surface area contributed by atoms with E-state index in [0.29, 0.717) is 23.6 Å². The second kappa shape index (κ2) is 6.62. The zero-order valence-corrected chi connectivity index (χ0v) is 13.8. The van der Waals surface area contributed by atoms with E-state index in [1.54, 1.807) is 17.5 Å². The van der Waals surface area contributed by atoms with Gasteiger partial charge in [-0.05, 0) is 24.3 Å². The number of piperidine rings is 1. The number of nitriles is 1. The van der Waals surface area contributed by atoms with Crippen molar-refractivity contribution in [3.8, 4) is 11.9 Å². The average Bonchev–Trinajstić information content (AvgIpc) is 3.11. The van der Waals surface area contributed by atoms with E-state index >= 15 is 0 Å². The highest BCUT2D eigenvalue weighted by atomic mass is 32.2. The molecule has 2 aromatic heterocycles. The van der Waals surface area contributed by atoms with Gasteiger partial charge in [-0.25, -0.2) is 18.4 Å². The van der Waals surface area contributed by atoms with Gasteiger partial charge in [-0.1, -0.05) is 6.07 Å². The lowest BCUT2D eigenvalue weighted by Crippen LogP contribution is -2.44. The van der Waals surface area contributed by atoms with E-state index in [1.165, 1.54) is 28.0 Å². The minimum atomic E-state index is -3.49. The highest BCUT2D eigenvalue weighted by Gasteiger charge is 2.32. The van der Waals surface area contributed by atoms with E-state index < -0.39 is 10.0 Å². The molecule has 1 aliphatic rings. The van der Waals surface area contributed by atoms with Crippen LogP contribution in [0.5, 0.6) is 5.88 Å². The van der Waals surface area contributed by atoms with Crippen LogP contribution in [-0.2, 0) is 10.0 Å². The number of hydrogen-bond donors (Lipinski definition) is 0. The first kappa shape index (κ1) is 15.9. The van der Waals surface area contributed by atoms with Crippen molar-refractivity contribution in [2.45, 2.75) is 23.2 Å². The molecule has 3 rings (SSSR count). The zero-order chi connectivity index (χ0) is 16.3. The molecular formula is C14H14N4O3S2. The van der Waals surface area contributed by atoms with Crippen molar-refractivity contribution in [2.24, 2.45) is 0 Å². The van der Waals surface area contributed by atoms with Gasteiger partial charge in [-0.2, -0.15) is 9.57 Å². The topological polar surface area (TPSA) is 96.2 Å². The minimum Gasteiger partial charge on any atom is -0.471 e. The number of aromatic nitrogens is 2. The van der Waals surface area contributed by atoms with Crippen molar-refractivity contribution < 1.29 is 13.2 Å². The fraction of sp³-hybridized carbons (Fsp3) is 0.357. The standard InChI is InChI=1S/C14H14N4O3S2/c15-9-12-14(17-6-5-16-12)21-11-3-1-7-18(10-11)23(19,20)13-4-2-8-22-13/h2,4-6,8,11H,1,3,7,10H2/t11-/m0/s1. The Labute approximate surface area is 138 Å². The molecule has 0 unspecified atom stereocenters. The summed E-state index contributed by atoms with van der Waals surface area (Å²) in [5.74, 6) is 0.148. The predicted octanol–water partition coefficient (Wildman–Crippen LogP) is 1.64. The van der Waals surface area contributed by atoms with Gasteiger partial charge in [0.1, 0.15) is 16.4 Å². The van der Waals surface area contributed by atoms with Crippen LogP contribution in [0, 0.1) is 11.3 Å². The molecule has 7 nitrogen and oxygen atoms in total. The van der Waals surface area contributed by atoms with Gasteiger partial charge in [0.2, 0.25) is 5.69 Å². The fourth-order valence-electron chi connectivity index (χ4n) is 2.40. The third-order valence-corrected chi connectivity index (χ3v) is 6.72. The van der Waals surface area contributed by atoms with Crippen LogP contribution in [0.15, 0.2) is 34.1 Å². The highest BCUT2D eigenvalue weighted by molar-refractivity contribution is 7.91. The number of thiophene rings is 1. The van der Waals surface area contributed by atoms with Gasteiger partial charge in [-0.15, -0.1) is 11.3 Å². The first-order valence-electron chi connectivity index (χ1n) is 7.02. The summed E-state index contributed by atoms with van der Waals surface area (Å²) in [6.07, 6.45) is 3.91. The number of ether oxygens (including phenoxy) is 1. The Morgan fingerprint density at radius 3 is 2.96 bits per heavy atom. The van der Waals surface area contributed by atoms with E-state index in [2.05, 4.69) is 9.97 Å². The van der Waals surface area contributed by atoms with Crippen LogP contribution in [0.3, 0.4) is 0 Å². The predicted molar refractivity (Wildman–Crippen MR) is 83.5 cm³/mol. The van der Waals surface area contributed by atoms with Crippen LogP contribution in [0.25, 0.3) is 0 Å². The Hall–Kier alpha value is -2.02. The molecule has 2 aromatic rings. The fourth-order valence-corrected chi connectivity index (χ4v) is 5.06. The molecule has 0 aromatic carbocycles. The molecule has 0 aliphatic carbocycles. The maximum absolute atomic E-state index is 12.6. The van der Waals surface area contributed by atoms with Gasteiger partial charge < -0.3 is 4.74 Å². The summed E-state index contributed by atoms with van der Waals surface area (Å²) >= 11 is 1.20. The second-order valence-electron chi connectivity index (χ2n) is 5.00. The van der Waals surface area contributed by atoms with Crippen molar-refractivity contribution in [3.05, 3.63) is 35.6 Å². The molecule has 1 aliphatic heterocycles. The van der Waals surface area contributed by atoms with E-state index in [1.807, 2.05) is 6.07 Å². The van der Waals surface area contributed by atoms with Crippen LogP contribution < -0.4 is 4.74 Å². The molecule has 3 heterocycles. The van der Waals surface area contributed by atoms with E-state index in [-0.39, 0.29) is 24.2 Å². The molecule has 0 N–H and O–H groups in total. The third kappa shape index (κ3) is 3.34. The molecule has 23 heavy (non-hydrogen) atoms. The molecular weight excluding hydrogens is 336 g/mol. The monoisotopic (exact) mass is 350 g/mol. The van der Waals surface area contributed by atoms with Crippen molar-refractivity contribution in [2.75, 3.05) is 13.1 Å². The molecule has 1 saturated heterocycles. The Bertz CT molecular complexity index is 815. The summed E-state index contributed by atoms with van der Waals surface area (Å²) in [6.45, 7) is 0.702. The lowest BCUT2D eigenvalue weighted by Gasteiger charge is -2.31. The Morgan fingerprint density at radius 1 is 1.39 bits per heavy atom. The summed E-state index contributed by atoms with van der Waals surface area (Å²) in [5, 5.41) is 10.8. The lowest BCUT2D eigenvalue weighted by atomic mass is 10.1. The second-order valence-corrected chi connectivity index (χ2v) is 8.11. The molecule has 0 spiro atoms. The average molecular weight is 350 g/mol. The molecule has 0 radical (unpaired) electrons. The first-order valence-corrected chi connectivity index (χ1v) is 9.34. The van der Waals surface area contributed by atoms with Crippen molar-refractivity contribution in [1.82, 2.24) is 14.3 Å². The van der Waals surface area contributed by atoms with Gasteiger partial charge >= 0.3 is 0 Å². The first-order chi connectivity index (χ1) is 11.1. The van der Waals surface area contributed by atoms with Gasteiger partial charge in [-0.3, -0.25) is 0 Å². The largest absolute Gasteiger partial charge is 0.471 e. The van der Waals surface area contributed by atoms with Gasteiger partial charge in [0.25, 0.3) is 15.9 Å². The van der Waals surface area contributed by atoms with Crippen molar-refractivity contribution in [3.63, 3.8) is 0 Å². The molecule has 120 valence electrons. The highest BCUT2D eigenvalue weighted by Crippen LogP contribution is 2.26. The van der Waals surface area contributed by atoms with Gasteiger partial charge in [0.15, 0.2) is 0 Å². The molecule has 0 saturated carbocycles. The van der Waals surface area contributed by atoms with Crippen LogP contribution in [0.1, 0.15) is 18.5 Å². The summed E-state index contributed by atoms with van der Waals surface area (Å²) in [7, 11) is -3.49. The molecule has 0 amide bonds. The van der Waals surface area contributed by atoms with Crippen LogP contribution in [0.4, 0.5) is 0 Å². The summed E-state index contributed by atoms with van der Waals surface area (Å²) in [6, 6.07) is 5.23. The number of hydrogen-bond acceptors (Lipinski definition) is 7. The summed E-state index contributed by atoms with van der Waals surface area (Å²) in [5.41, 5.74) is 0.103. The molecule has 0 bridgehead atoms. The maximum atomic E-state index is 12.6. The Morgan fingerprint density at radius 2 is 2.22 bits per heavy atom. The number of rotatable bonds is 4. The molecule has 9 heteroatoms. The smallest absolute Gasteiger partial charge is 0.252 e. The maximum Gasteiger partial charge on any atom is 0.252 e. The van der Waals surface area contributed by atoms with Crippen LogP contribution in [-0.4, -0.2) is 41.9 Å². The van der Waals surface area contributed by atoms with Crippen molar-refractivity contribution in [1.29, 1.82) is 5.26 Å². The zero-order valence-electron chi connectivity index (χ0n) is 12.1. The summed E-state index contributed by atoms with van der Waals surface area (Å²) in [4.78, 5) is 7.90.